The fraction of sp³-hybridized carbons (Fsp3) is 0.600. The van der Waals surface area contributed by atoms with Crippen LogP contribution in [-0.4, -0.2) is 48.6 Å². The quantitative estimate of drug-likeness (QED) is 0.589. The van der Waals surface area contributed by atoms with Crippen molar-refractivity contribution in [3.8, 4) is 0 Å². The van der Waals surface area contributed by atoms with E-state index in [4.69, 9.17) is 5.11 Å². The first-order chi connectivity index (χ1) is 6.97. The topological polar surface area (TPSA) is 69.6 Å². The lowest BCUT2D eigenvalue weighted by Gasteiger charge is -2.15. The number of aliphatic carboxylic acids is 1. The number of carboxylic acid groups (broad SMARTS) is 1. The zero-order valence-corrected chi connectivity index (χ0v) is 9.25. The minimum Gasteiger partial charge on any atom is -0.478 e. The van der Waals surface area contributed by atoms with Crippen LogP contribution < -0.4 is 5.32 Å². The molecule has 0 aliphatic rings. The first-order valence-electron chi connectivity index (χ1n) is 4.83. The standard InChI is InChI=1S/C10H18N2O3/c1-4-5-11-9(13)7-12(3)6-8(2)10(14)15/h2,4-7H2,1,3H3,(H,11,13)(H,14,15). The molecule has 0 aliphatic heterocycles. The van der Waals surface area contributed by atoms with Gasteiger partial charge in [0.2, 0.25) is 5.91 Å². The number of nitrogens with zero attached hydrogens (tertiary/aromatic N) is 1. The Morgan fingerprint density at radius 1 is 1.40 bits per heavy atom. The summed E-state index contributed by atoms with van der Waals surface area (Å²) in [6, 6.07) is 0. The molecule has 0 heterocycles. The predicted molar refractivity (Wildman–Crippen MR) is 57.6 cm³/mol. The van der Waals surface area contributed by atoms with Gasteiger partial charge in [0.05, 0.1) is 6.54 Å². The third kappa shape index (κ3) is 6.68. The third-order valence-corrected chi connectivity index (χ3v) is 1.75. The molecule has 0 aromatic carbocycles. The molecule has 2 N–H and O–H groups in total. The van der Waals surface area contributed by atoms with Crippen molar-refractivity contribution in [3.05, 3.63) is 12.2 Å². The Morgan fingerprint density at radius 3 is 2.47 bits per heavy atom. The van der Waals surface area contributed by atoms with E-state index in [1.807, 2.05) is 6.92 Å². The van der Waals surface area contributed by atoms with Crippen molar-refractivity contribution in [2.24, 2.45) is 0 Å². The number of carbonyl (C=O) groups is 2. The molecule has 0 radical (unpaired) electrons. The molecule has 0 rings (SSSR count). The van der Waals surface area contributed by atoms with E-state index >= 15 is 0 Å². The molecule has 0 spiro atoms. The Kier molecular flexibility index (Phi) is 6.37. The number of hydrogen-bond acceptors (Lipinski definition) is 3. The number of carboxylic acids is 1. The van der Waals surface area contributed by atoms with Gasteiger partial charge in [-0.1, -0.05) is 13.5 Å². The van der Waals surface area contributed by atoms with Crippen LogP contribution in [0.1, 0.15) is 13.3 Å². The summed E-state index contributed by atoms with van der Waals surface area (Å²) >= 11 is 0. The number of amides is 1. The maximum absolute atomic E-state index is 11.2. The maximum atomic E-state index is 11.2. The van der Waals surface area contributed by atoms with Gasteiger partial charge in [0.25, 0.3) is 0 Å². The Morgan fingerprint density at radius 2 is 2.00 bits per heavy atom. The average Bonchev–Trinajstić information content (AvgIpc) is 2.14. The molecule has 0 saturated carbocycles. The maximum Gasteiger partial charge on any atom is 0.332 e. The summed E-state index contributed by atoms with van der Waals surface area (Å²) in [6.07, 6.45) is 0.886. The van der Waals surface area contributed by atoms with Crippen molar-refractivity contribution in [1.29, 1.82) is 0 Å². The molecule has 0 aromatic heterocycles. The second-order valence-electron chi connectivity index (χ2n) is 3.43. The zero-order chi connectivity index (χ0) is 11.8. The van der Waals surface area contributed by atoms with Crippen LogP contribution in [0.3, 0.4) is 0 Å². The predicted octanol–water partition coefficient (Wildman–Crippen LogP) is 0.0852. The van der Waals surface area contributed by atoms with Crippen LogP contribution >= 0.6 is 0 Å². The normalized spacial score (nSPS) is 10.1. The van der Waals surface area contributed by atoms with Crippen LogP contribution in [0.15, 0.2) is 12.2 Å². The monoisotopic (exact) mass is 214 g/mol. The Hall–Kier alpha value is -1.36. The SMILES string of the molecule is C=C(CN(C)CC(=O)NCCC)C(=O)O. The first kappa shape index (κ1) is 13.6. The zero-order valence-electron chi connectivity index (χ0n) is 9.25. The second kappa shape index (κ2) is 7.00. The average molecular weight is 214 g/mol. The molecular weight excluding hydrogens is 196 g/mol. The van der Waals surface area contributed by atoms with Gasteiger partial charge in [-0.3, -0.25) is 9.69 Å². The molecule has 0 atom stereocenters. The van der Waals surface area contributed by atoms with Crippen molar-refractivity contribution >= 4 is 11.9 Å². The molecule has 0 unspecified atom stereocenters. The van der Waals surface area contributed by atoms with Crippen molar-refractivity contribution in [2.45, 2.75) is 13.3 Å². The summed E-state index contributed by atoms with van der Waals surface area (Å²) in [5.74, 6) is -1.13. The number of rotatable bonds is 7. The van der Waals surface area contributed by atoms with Crippen molar-refractivity contribution < 1.29 is 14.7 Å². The van der Waals surface area contributed by atoms with E-state index in [1.165, 1.54) is 0 Å². The Labute approximate surface area is 89.8 Å². The molecule has 86 valence electrons. The minimum atomic E-state index is -1.03. The van der Waals surface area contributed by atoms with E-state index in [0.29, 0.717) is 6.54 Å². The van der Waals surface area contributed by atoms with Crippen LogP contribution in [-0.2, 0) is 9.59 Å². The summed E-state index contributed by atoms with van der Waals surface area (Å²) in [6.45, 7) is 6.38. The third-order valence-electron chi connectivity index (χ3n) is 1.75. The molecule has 15 heavy (non-hydrogen) atoms. The summed E-state index contributed by atoms with van der Waals surface area (Å²) in [5.41, 5.74) is 0.0841. The molecule has 5 heteroatoms. The fourth-order valence-corrected chi connectivity index (χ4v) is 1.01. The summed E-state index contributed by atoms with van der Waals surface area (Å²) < 4.78 is 0. The molecule has 0 saturated heterocycles. The van der Waals surface area contributed by atoms with Crippen molar-refractivity contribution in [1.82, 2.24) is 10.2 Å². The van der Waals surface area contributed by atoms with Crippen molar-refractivity contribution in [3.63, 3.8) is 0 Å². The Balaban J connectivity index is 3.82. The lowest BCUT2D eigenvalue weighted by atomic mass is 10.3. The molecule has 5 nitrogen and oxygen atoms in total. The largest absolute Gasteiger partial charge is 0.478 e. The molecule has 0 bridgehead atoms. The smallest absolute Gasteiger partial charge is 0.332 e. The summed E-state index contributed by atoms with van der Waals surface area (Å²) in [5, 5.41) is 11.3. The van der Waals surface area contributed by atoms with E-state index < -0.39 is 5.97 Å². The van der Waals surface area contributed by atoms with Gasteiger partial charge >= 0.3 is 5.97 Å². The van der Waals surface area contributed by atoms with E-state index in [0.717, 1.165) is 6.42 Å². The van der Waals surface area contributed by atoms with Gasteiger partial charge < -0.3 is 10.4 Å². The molecular formula is C10H18N2O3. The number of hydrogen-bond donors (Lipinski definition) is 2. The van der Waals surface area contributed by atoms with Gasteiger partial charge in [0, 0.05) is 18.7 Å². The van der Waals surface area contributed by atoms with E-state index in [-0.39, 0.29) is 24.6 Å². The van der Waals surface area contributed by atoms with E-state index in [2.05, 4.69) is 11.9 Å². The molecule has 0 fully saturated rings. The number of nitrogens with one attached hydrogen (secondary N) is 1. The van der Waals surface area contributed by atoms with E-state index in [1.54, 1.807) is 11.9 Å². The molecule has 1 amide bonds. The first-order valence-corrected chi connectivity index (χ1v) is 4.83. The van der Waals surface area contributed by atoms with E-state index in [9.17, 15) is 9.59 Å². The molecule has 0 aliphatic carbocycles. The number of carbonyl (C=O) groups excluding carboxylic acids is 1. The van der Waals surface area contributed by atoms with Gasteiger partial charge in [-0.05, 0) is 13.5 Å². The van der Waals surface area contributed by atoms with Gasteiger partial charge in [-0.2, -0.15) is 0 Å². The lowest BCUT2D eigenvalue weighted by molar-refractivity contribution is -0.133. The van der Waals surface area contributed by atoms with Crippen LogP contribution in [0.4, 0.5) is 0 Å². The van der Waals surface area contributed by atoms with Gasteiger partial charge in [-0.25, -0.2) is 4.79 Å². The van der Waals surface area contributed by atoms with Gasteiger partial charge in [0.15, 0.2) is 0 Å². The highest BCUT2D eigenvalue weighted by Gasteiger charge is 2.10. The second-order valence-corrected chi connectivity index (χ2v) is 3.43. The van der Waals surface area contributed by atoms with Crippen LogP contribution in [0.25, 0.3) is 0 Å². The Bertz CT molecular complexity index is 251. The highest BCUT2D eigenvalue weighted by atomic mass is 16.4. The van der Waals surface area contributed by atoms with Gasteiger partial charge in [0.1, 0.15) is 0 Å². The minimum absolute atomic E-state index is 0.0841. The van der Waals surface area contributed by atoms with Crippen molar-refractivity contribution in [2.75, 3.05) is 26.7 Å². The lowest BCUT2D eigenvalue weighted by Crippen LogP contribution is -2.36. The fourth-order valence-electron chi connectivity index (χ4n) is 1.01. The van der Waals surface area contributed by atoms with Crippen LogP contribution in [0, 0.1) is 0 Å². The number of likely N-dealkylation sites (N-methyl/N-ethyl adjacent to an activating group) is 1. The van der Waals surface area contributed by atoms with Crippen LogP contribution in [0.5, 0.6) is 0 Å². The highest BCUT2D eigenvalue weighted by Crippen LogP contribution is 1.93. The summed E-state index contributed by atoms with van der Waals surface area (Å²) in [7, 11) is 1.68. The molecule has 0 aromatic rings. The van der Waals surface area contributed by atoms with Crippen LogP contribution in [0.2, 0.25) is 0 Å². The van der Waals surface area contributed by atoms with Gasteiger partial charge in [-0.15, -0.1) is 0 Å². The highest BCUT2D eigenvalue weighted by molar-refractivity contribution is 5.86. The summed E-state index contributed by atoms with van der Waals surface area (Å²) in [4.78, 5) is 23.3.